The third-order valence-electron chi connectivity index (χ3n) is 4.05. The van der Waals surface area contributed by atoms with Gasteiger partial charge in [0.25, 0.3) is 0 Å². The second-order valence-corrected chi connectivity index (χ2v) is 8.60. The van der Waals surface area contributed by atoms with Gasteiger partial charge in [-0.2, -0.15) is 0 Å². The molecule has 1 aromatic heterocycles. The normalized spacial score (nSPS) is 13.8. The summed E-state index contributed by atoms with van der Waals surface area (Å²) in [6.07, 6.45) is 1.47. The highest BCUT2D eigenvalue weighted by molar-refractivity contribution is 14.0. The summed E-state index contributed by atoms with van der Waals surface area (Å²) in [6.45, 7) is 5.69. The number of furan rings is 1. The van der Waals surface area contributed by atoms with Crippen molar-refractivity contribution >= 4 is 45.6 Å². The zero-order chi connectivity index (χ0) is 21.5. The number of hydrogen-bond donors (Lipinski definition) is 4. The second-order valence-electron chi connectivity index (χ2n) is 6.76. The average molecular weight is 554 g/mol. The Morgan fingerprint density at radius 1 is 1.30 bits per heavy atom. The van der Waals surface area contributed by atoms with E-state index in [1.807, 2.05) is 6.92 Å². The molecule has 30 heavy (non-hydrogen) atoms. The van der Waals surface area contributed by atoms with Crippen molar-refractivity contribution in [1.29, 1.82) is 0 Å². The zero-order valence-corrected chi connectivity index (χ0v) is 20.3. The van der Waals surface area contributed by atoms with Crippen LogP contribution in [0.4, 0.5) is 10.1 Å². The summed E-state index contributed by atoms with van der Waals surface area (Å²) in [6, 6.07) is 7.48. The van der Waals surface area contributed by atoms with E-state index in [1.165, 1.54) is 18.4 Å². The molecule has 0 saturated heterocycles. The maximum absolute atomic E-state index is 13.6. The van der Waals surface area contributed by atoms with Crippen LogP contribution in [0.2, 0.25) is 0 Å². The van der Waals surface area contributed by atoms with Crippen LogP contribution in [0.3, 0.4) is 0 Å². The maximum Gasteiger partial charge on any atom is 0.234 e. The number of aryl methyl sites for hydroxylation is 1. The SMILES string of the molecule is CCNC(=NCC(C)(O)c1ccco1)NCCS(=O)(=O)Nc1ccc(C)c(F)c1.I. The van der Waals surface area contributed by atoms with E-state index in [4.69, 9.17) is 4.42 Å². The quantitative estimate of drug-likeness (QED) is 0.215. The van der Waals surface area contributed by atoms with Crippen LogP contribution in [0.5, 0.6) is 0 Å². The van der Waals surface area contributed by atoms with Crippen LogP contribution >= 0.6 is 24.0 Å². The first-order chi connectivity index (χ1) is 13.6. The molecule has 8 nitrogen and oxygen atoms in total. The van der Waals surface area contributed by atoms with Crippen molar-refractivity contribution in [2.75, 3.05) is 30.1 Å². The number of hydrogen-bond acceptors (Lipinski definition) is 5. The lowest BCUT2D eigenvalue weighted by Crippen LogP contribution is -2.41. The summed E-state index contributed by atoms with van der Waals surface area (Å²) in [5.41, 5.74) is -0.690. The van der Waals surface area contributed by atoms with Crippen LogP contribution < -0.4 is 15.4 Å². The van der Waals surface area contributed by atoms with Crippen LogP contribution in [0.1, 0.15) is 25.2 Å². The van der Waals surface area contributed by atoms with E-state index in [2.05, 4.69) is 20.3 Å². The van der Waals surface area contributed by atoms with Gasteiger partial charge in [-0.3, -0.25) is 4.72 Å². The van der Waals surface area contributed by atoms with Gasteiger partial charge >= 0.3 is 0 Å². The predicted octanol–water partition coefficient (Wildman–Crippen LogP) is 2.55. The van der Waals surface area contributed by atoms with E-state index in [-0.39, 0.29) is 48.5 Å². The third-order valence-corrected chi connectivity index (χ3v) is 5.34. The van der Waals surface area contributed by atoms with Gasteiger partial charge in [0, 0.05) is 13.1 Å². The van der Waals surface area contributed by atoms with E-state index >= 15 is 0 Å². The third kappa shape index (κ3) is 8.11. The molecule has 2 rings (SSSR count). The summed E-state index contributed by atoms with van der Waals surface area (Å²) >= 11 is 0. The number of nitrogens with zero attached hydrogens (tertiary/aromatic N) is 1. The molecule has 1 atom stereocenters. The minimum atomic E-state index is -3.68. The lowest BCUT2D eigenvalue weighted by atomic mass is 10.0. The molecule has 0 aliphatic rings. The zero-order valence-electron chi connectivity index (χ0n) is 17.1. The van der Waals surface area contributed by atoms with Gasteiger partial charge in [0.05, 0.1) is 24.2 Å². The molecule has 1 aromatic carbocycles. The Bertz CT molecular complexity index is 934. The van der Waals surface area contributed by atoms with Gasteiger partial charge in [-0.25, -0.2) is 17.8 Å². The highest BCUT2D eigenvalue weighted by atomic mass is 127. The number of benzene rings is 1. The van der Waals surface area contributed by atoms with Gasteiger partial charge in [-0.05, 0) is 50.6 Å². The molecular weight excluding hydrogens is 526 g/mol. The standard InChI is InChI=1S/C19H27FN4O4S.HI/c1-4-21-18(23-13-19(3,25)17-6-5-10-28-17)22-9-11-29(26,27)24-15-8-7-14(2)16(20)12-15;/h5-8,10,12,24-25H,4,9,11,13H2,1-3H3,(H2,21,22,23);1H. The molecule has 0 aliphatic carbocycles. The van der Waals surface area contributed by atoms with E-state index < -0.39 is 21.4 Å². The van der Waals surface area contributed by atoms with Gasteiger partial charge in [-0.15, -0.1) is 24.0 Å². The summed E-state index contributed by atoms with van der Waals surface area (Å²) < 4.78 is 45.6. The fraction of sp³-hybridized carbons (Fsp3) is 0.421. The van der Waals surface area contributed by atoms with Gasteiger partial charge in [0.1, 0.15) is 17.2 Å². The summed E-state index contributed by atoms with van der Waals surface area (Å²) in [4.78, 5) is 4.29. The Balaban J connectivity index is 0.00000450. The van der Waals surface area contributed by atoms with Crippen LogP contribution in [-0.2, 0) is 15.6 Å². The van der Waals surface area contributed by atoms with Crippen LogP contribution in [0.25, 0.3) is 0 Å². The Hall–Kier alpha value is -1.86. The largest absolute Gasteiger partial charge is 0.466 e. The van der Waals surface area contributed by atoms with Crippen molar-refractivity contribution in [2.45, 2.75) is 26.4 Å². The van der Waals surface area contributed by atoms with Gasteiger partial charge in [0.15, 0.2) is 5.96 Å². The van der Waals surface area contributed by atoms with Gasteiger partial charge in [-0.1, -0.05) is 6.07 Å². The molecule has 0 bridgehead atoms. The van der Waals surface area contributed by atoms with E-state index in [9.17, 15) is 17.9 Å². The maximum atomic E-state index is 13.6. The number of aliphatic hydroxyl groups is 1. The number of halogens is 2. The lowest BCUT2D eigenvalue weighted by Gasteiger charge is -2.19. The van der Waals surface area contributed by atoms with Crippen LogP contribution in [0, 0.1) is 12.7 Å². The molecule has 0 amide bonds. The first kappa shape index (κ1) is 26.2. The average Bonchev–Trinajstić information content (AvgIpc) is 3.18. The van der Waals surface area contributed by atoms with Crippen molar-refractivity contribution in [1.82, 2.24) is 10.6 Å². The van der Waals surface area contributed by atoms with Crippen molar-refractivity contribution in [3.05, 3.63) is 53.7 Å². The Morgan fingerprint density at radius 2 is 2.03 bits per heavy atom. The topological polar surface area (TPSA) is 116 Å². The van der Waals surface area contributed by atoms with E-state index in [0.717, 1.165) is 6.07 Å². The molecule has 0 spiro atoms. The van der Waals surface area contributed by atoms with Crippen molar-refractivity contribution in [3.63, 3.8) is 0 Å². The number of guanidine groups is 1. The van der Waals surface area contributed by atoms with Gasteiger partial charge < -0.3 is 20.2 Å². The second kappa shape index (κ2) is 11.5. The molecular formula is C19H28FIN4O4S. The molecule has 1 unspecified atom stereocenters. The smallest absolute Gasteiger partial charge is 0.234 e. The molecule has 0 saturated carbocycles. The summed E-state index contributed by atoms with van der Waals surface area (Å²) in [7, 11) is -3.68. The molecule has 0 aliphatic heterocycles. The number of nitrogens with one attached hydrogen (secondary N) is 3. The molecule has 4 N–H and O–H groups in total. The molecule has 11 heteroatoms. The fourth-order valence-electron chi connectivity index (χ4n) is 2.43. The predicted molar refractivity (Wildman–Crippen MR) is 126 cm³/mol. The first-order valence-electron chi connectivity index (χ1n) is 9.18. The highest BCUT2D eigenvalue weighted by Gasteiger charge is 2.26. The Morgan fingerprint density at radius 3 is 2.63 bits per heavy atom. The summed E-state index contributed by atoms with van der Waals surface area (Å²) in [5, 5.41) is 16.3. The number of sulfonamides is 1. The van der Waals surface area contributed by atoms with Crippen molar-refractivity contribution in [2.24, 2.45) is 4.99 Å². The fourth-order valence-corrected chi connectivity index (χ4v) is 3.39. The highest BCUT2D eigenvalue weighted by Crippen LogP contribution is 2.21. The van der Waals surface area contributed by atoms with Gasteiger partial charge in [0.2, 0.25) is 10.0 Å². The first-order valence-corrected chi connectivity index (χ1v) is 10.8. The molecule has 2 aromatic rings. The number of rotatable bonds is 9. The number of anilines is 1. The monoisotopic (exact) mass is 554 g/mol. The minimum absolute atomic E-state index is 0. The lowest BCUT2D eigenvalue weighted by molar-refractivity contribution is 0.0437. The van der Waals surface area contributed by atoms with E-state index in [1.54, 1.807) is 26.0 Å². The van der Waals surface area contributed by atoms with Crippen molar-refractivity contribution in [3.8, 4) is 0 Å². The molecule has 168 valence electrons. The van der Waals surface area contributed by atoms with Crippen LogP contribution in [0.15, 0.2) is 46.0 Å². The minimum Gasteiger partial charge on any atom is -0.466 e. The van der Waals surface area contributed by atoms with Crippen LogP contribution in [-0.4, -0.2) is 44.9 Å². The molecule has 0 radical (unpaired) electrons. The Kier molecular flexibility index (Phi) is 10.0. The molecule has 0 fully saturated rings. The molecule has 1 heterocycles. The number of aliphatic imine (C=N–C) groups is 1. The Labute approximate surface area is 193 Å². The van der Waals surface area contributed by atoms with Crippen molar-refractivity contribution < 1.29 is 22.3 Å². The van der Waals surface area contributed by atoms with E-state index in [0.29, 0.717) is 23.8 Å². The summed E-state index contributed by atoms with van der Waals surface area (Å²) in [5.74, 6) is 0.0141.